The maximum atomic E-state index is 15.7. The van der Waals surface area contributed by atoms with Crippen molar-refractivity contribution in [2.45, 2.75) is 125 Å². The summed E-state index contributed by atoms with van der Waals surface area (Å²) in [7, 11) is -3.05. The van der Waals surface area contributed by atoms with Gasteiger partial charge in [-0.15, -0.1) is 0 Å². The van der Waals surface area contributed by atoms with E-state index >= 15 is 4.79 Å². The number of allylic oxidation sites excluding steroid dienone is 1. The van der Waals surface area contributed by atoms with Gasteiger partial charge in [0.1, 0.15) is 0 Å². The lowest BCUT2D eigenvalue weighted by molar-refractivity contribution is -0.134. The molecule has 0 aromatic heterocycles. The maximum Gasteiger partial charge on any atom is 0.330 e. The second-order valence-corrected chi connectivity index (χ2v) is 20.3. The fraction of sp³-hybridized carbons (Fsp3) is 0.500. The van der Waals surface area contributed by atoms with Gasteiger partial charge in [-0.2, -0.15) is 9.57 Å². The summed E-state index contributed by atoms with van der Waals surface area (Å²) in [5, 5.41) is 10.3. The smallest absolute Gasteiger partial charge is 0.330 e. The quantitative estimate of drug-likeness (QED) is 0.155. The first-order valence-electron chi connectivity index (χ1n) is 18.2. The van der Waals surface area contributed by atoms with Gasteiger partial charge in [0.15, 0.2) is 0 Å². The molecule has 7 nitrogen and oxygen atoms in total. The summed E-state index contributed by atoms with van der Waals surface area (Å²) < 4.78 is 35.9. The summed E-state index contributed by atoms with van der Waals surface area (Å²) in [4.78, 5) is 28.5. The van der Waals surface area contributed by atoms with Crippen LogP contribution in [0.5, 0.6) is 0 Å². The lowest BCUT2D eigenvalue weighted by Crippen LogP contribution is -2.40. The average molecular weight is 701 g/mol. The minimum atomic E-state index is -4.37. The first-order valence-corrected chi connectivity index (χ1v) is 21.6. The van der Waals surface area contributed by atoms with Crippen molar-refractivity contribution in [2.75, 3.05) is 7.11 Å². The van der Waals surface area contributed by atoms with Crippen LogP contribution in [0.25, 0.3) is 5.70 Å². The summed E-state index contributed by atoms with van der Waals surface area (Å²) >= 11 is 0. The molecule has 1 aliphatic heterocycles. The lowest BCUT2D eigenvalue weighted by atomic mass is 9.99. The standard InChI is InChI=1S/C40H49N2O5PS/c1-29-18-24-35(25-19-29)49(45,46)42-38(31-22-20-30(28-41)21-23-31)36(26-27-37(43)47-2)39(40(42)44)48(32-12-6-3-7-13-32,33-14-8-4-9-15-33)34-16-10-5-11-17-34/h18-27,32-34H,3-17H2,1-2H3/b27-26+. The van der Waals surface area contributed by atoms with Crippen molar-refractivity contribution in [1.82, 2.24) is 4.31 Å². The van der Waals surface area contributed by atoms with Gasteiger partial charge < -0.3 is 4.74 Å². The van der Waals surface area contributed by atoms with Gasteiger partial charge in [0.25, 0.3) is 15.9 Å². The summed E-state index contributed by atoms with van der Waals surface area (Å²) in [6.45, 7) is -0.481. The first-order chi connectivity index (χ1) is 23.7. The van der Waals surface area contributed by atoms with E-state index in [1.165, 1.54) is 32.4 Å². The summed E-state index contributed by atoms with van der Waals surface area (Å²) in [6, 6.07) is 15.6. The molecule has 0 unspecified atom stereocenters. The van der Waals surface area contributed by atoms with E-state index in [0.29, 0.717) is 39.0 Å². The molecule has 0 N–H and O–H groups in total. The Morgan fingerprint density at radius 2 is 1.31 bits per heavy atom. The van der Waals surface area contributed by atoms with Crippen LogP contribution in [0, 0.1) is 18.3 Å². The molecule has 2 aromatic carbocycles. The Morgan fingerprint density at radius 1 is 0.816 bits per heavy atom. The number of nitrogens with zero attached hydrogens (tertiary/aromatic N) is 2. The minimum absolute atomic E-state index is 0.0482. The number of aryl methyl sites for hydroxylation is 1. The number of nitriles is 1. The second kappa shape index (κ2) is 15.2. The number of hydrogen-bond donors (Lipinski definition) is 0. The normalized spacial score (nSPS) is 20.6. The van der Waals surface area contributed by atoms with Crippen molar-refractivity contribution in [1.29, 1.82) is 5.26 Å². The number of esters is 1. The zero-order valence-electron chi connectivity index (χ0n) is 28.9. The van der Waals surface area contributed by atoms with Crippen LogP contribution in [0.4, 0.5) is 0 Å². The van der Waals surface area contributed by atoms with E-state index in [4.69, 9.17) is 4.74 Å². The first kappa shape index (κ1) is 35.4. The van der Waals surface area contributed by atoms with Gasteiger partial charge >= 0.3 is 5.97 Å². The zero-order valence-corrected chi connectivity index (χ0v) is 30.6. The Morgan fingerprint density at radius 3 is 1.76 bits per heavy atom. The molecule has 0 radical (unpaired) electrons. The Kier molecular flexibility index (Phi) is 11.0. The number of methoxy groups -OCH3 is 1. The highest BCUT2D eigenvalue weighted by molar-refractivity contribution is 7.90. The molecule has 6 rings (SSSR count). The Hall–Kier alpha value is -3.40. The van der Waals surface area contributed by atoms with Crippen LogP contribution >= 0.6 is 6.89 Å². The van der Waals surface area contributed by atoms with E-state index in [-0.39, 0.29) is 10.6 Å². The molecule has 4 aliphatic rings. The molecule has 49 heavy (non-hydrogen) atoms. The van der Waals surface area contributed by atoms with E-state index in [2.05, 4.69) is 6.07 Å². The number of carbonyl (C=O) groups is 2. The highest BCUT2D eigenvalue weighted by Crippen LogP contribution is 2.72. The van der Waals surface area contributed by atoms with Gasteiger partial charge in [-0.05, 0) is 92.8 Å². The molecule has 3 saturated carbocycles. The van der Waals surface area contributed by atoms with Crippen LogP contribution in [0.2, 0.25) is 0 Å². The molecule has 0 bridgehead atoms. The summed E-state index contributed by atoms with van der Waals surface area (Å²) in [6.07, 6.45) is 19.7. The van der Waals surface area contributed by atoms with Crippen LogP contribution in [-0.2, 0) is 24.3 Å². The highest BCUT2D eigenvalue weighted by Gasteiger charge is 2.52. The summed E-state index contributed by atoms with van der Waals surface area (Å²) in [5.74, 6) is -1.00. The number of hydrogen-bond acceptors (Lipinski definition) is 6. The number of ether oxygens (including phenoxy) is 1. The lowest BCUT2D eigenvalue weighted by Gasteiger charge is -2.51. The number of amides is 1. The topological polar surface area (TPSA) is 105 Å². The molecule has 0 atom stereocenters. The highest BCUT2D eigenvalue weighted by atomic mass is 32.2. The third-order valence-corrected chi connectivity index (χ3v) is 19.5. The number of carbonyl (C=O) groups excluding carboxylic acids is 2. The van der Waals surface area contributed by atoms with Crippen molar-refractivity contribution in [2.24, 2.45) is 0 Å². The van der Waals surface area contributed by atoms with Gasteiger partial charge in [0, 0.05) is 22.5 Å². The monoisotopic (exact) mass is 700 g/mol. The van der Waals surface area contributed by atoms with Crippen LogP contribution in [-0.4, -0.2) is 54.0 Å². The Labute approximate surface area is 292 Å². The van der Waals surface area contributed by atoms with Crippen LogP contribution in [0.1, 0.15) is 113 Å². The molecule has 0 spiro atoms. The zero-order chi connectivity index (χ0) is 34.6. The van der Waals surface area contributed by atoms with Crippen molar-refractivity contribution < 1.29 is 22.7 Å². The van der Waals surface area contributed by atoms with E-state index < -0.39 is 28.8 Å². The fourth-order valence-electron chi connectivity index (χ4n) is 9.27. The van der Waals surface area contributed by atoms with Crippen molar-refractivity contribution in [3.63, 3.8) is 0 Å². The van der Waals surface area contributed by atoms with Crippen LogP contribution < -0.4 is 0 Å². The maximum absolute atomic E-state index is 15.7. The van der Waals surface area contributed by atoms with Gasteiger partial charge in [-0.1, -0.05) is 94.5 Å². The molecule has 3 aliphatic carbocycles. The molecular weight excluding hydrogens is 651 g/mol. The molecular formula is C40H49N2O5PS. The summed E-state index contributed by atoms with van der Waals surface area (Å²) in [5.41, 5.74) is 3.73. The molecule has 1 heterocycles. The molecule has 9 heteroatoms. The SMILES string of the molecule is COC(=O)/C=C/C1=C(c2ccc(C#N)cc2)N(S(=O)(=O)c2ccc(C)cc2)C(=O)C1=P(C1CCCCC1)(C1CCCCC1)C1CCCCC1. The van der Waals surface area contributed by atoms with E-state index in [9.17, 15) is 18.5 Å². The molecule has 0 saturated heterocycles. The fourth-order valence-corrected chi connectivity index (χ4v) is 18.4. The van der Waals surface area contributed by atoms with Crippen molar-refractivity contribution >= 4 is 39.8 Å². The predicted molar refractivity (Wildman–Crippen MR) is 197 cm³/mol. The number of sulfonamides is 1. The van der Waals surface area contributed by atoms with Gasteiger partial charge in [-0.3, -0.25) is 4.79 Å². The predicted octanol–water partition coefficient (Wildman–Crippen LogP) is 8.73. The van der Waals surface area contributed by atoms with E-state index in [1.807, 2.05) is 6.92 Å². The minimum Gasteiger partial charge on any atom is -0.466 e. The van der Waals surface area contributed by atoms with E-state index in [1.54, 1.807) is 54.6 Å². The largest absolute Gasteiger partial charge is 0.466 e. The second-order valence-electron chi connectivity index (χ2n) is 14.3. The number of benzene rings is 2. The molecule has 2 aromatic rings. The van der Waals surface area contributed by atoms with Gasteiger partial charge in [0.2, 0.25) is 0 Å². The van der Waals surface area contributed by atoms with Crippen LogP contribution in [0.3, 0.4) is 0 Å². The third-order valence-electron chi connectivity index (χ3n) is 11.5. The van der Waals surface area contributed by atoms with Gasteiger partial charge in [-0.25, -0.2) is 13.2 Å². The number of rotatable bonds is 8. The van der Waals surface area contributed by atoms with Crippen molar-refractivity contribution in [3.8, 4) is 6.07 Å². The molecule has 3 fully saturated rings. The Bertz CT molecular complexity index is 1770. The van der Waals surface area contributed by atoms with Crippen LogP contribution in [0.15, 0.2) is 71.2 Å². The van der Waals surface area contributed by atoms with E-state index in [0.717, 1.165) is 86.9 Å². The molecule has 1 amide bonds. The Balaban J connectivity index is 1.77. The average Bonchev–Trinajstić information content (AvgIpc) is 3.45. The van der Waals surface area contributed by atoms with Crippen molar-refractivity contribution in [3.05, 3.63) is 82.9 Å². The third kappa shape index (κ3) is 6.74. The molecule has 260 valence electrons. The van der Waals surface area contributed by atoms with Gasteiger partial charge in [0.05, 0.1) is 29.3 Å².